The van der Waals surface area contributed by atoms with Crippen molar-refractivity contribution in [2.45, 2.75) is 32.6 Å². The Bertz CT molecular complexity index is 360. The van der Waals surface area contributed by atoms with Crippen molar-refractivity contribution in [3.63, 3.8) is 0 Å². The van der Waals surface area contributed by atoms with Gasteiger partial charge < -0.3 is 10.1 Å². The molecule has 0 aliphatic carbocycles. The van der Waals surface area contributed by atoms with Crippen LogP contribution in [0.25, 0.3) is 0 Å². The second-order valence-corrected chi connectivity index (χ2v) is 4.80. The number of rotatable bonds is 7. The molecule has 1 amide bonds. The minimum absolute atomic E-state index is 0.0604. The highest BCUT2D eigenvalue weighted by Gasteiger charge is 2.28. The van der Waals surface area contributed by atoms with Crippen LogP contribution in [-0.4, -0.2) is 25.7 Å². The quantitative estimate of drug-likeness (QED) is 0.754. The summed E-state index contributed by atoms with van der Waals surface area (Å²) in [4.78, 5) is 12.1. The molecule has 0 atom stereocenters. The smallest absolute Gasteiger partial charge is 0.230 e. The molecular formula is C15H23NO2. The molecule has 0 saturated carbocycles. The summed E-state index contributed by atoms with van der Waals surface area (Å²) in [5.41, 5.74) is 0.541. The van der Waals surface area contributed by atoms with Gasteiger partial charge in [-0.3, -0.25) is 4.79 Å². The second kappa shape index (κ2) is 7.17. The molecule has 1 aromatic rings. The molecule has 0 unspecified atom stereocenters. The average Bonchev–Trinajstić information content (AvgIpc) is 2.39. The van der Waals surface area contributed by atoms with Crippen molar-refractivity contribution in [3.05, 3.63) is 35.9 Å². The number of carbonyl (C=O) groups excluding carboxylic acids is 1. The summed E-state index contributed by atoms with van der Waals surface area (Å²) in [7, 11) is 0. The number of benzene rings is 1. The monoisotopic (exact) mass is 249 g/mol. The number of ether oxygens (including phenoxy) is 1. The summed E-state index contributed by atoms with van der Waals surface area (Å²) in [6.45, 7) is 7.94. The Hall–Kier alpha value is -1.35. The highest BCUT2D eigenvalue weighted by molar-refractivity contribution is 5.87. The van der Waals surface area contributed by atoms with Crippen LogP contribution in [0.4, 0.5) is 0 Å². The topological polar surface area (TPSA) is 38.3 Å². The van der Waals surface area contributed by atoms with Gasteiger partial charge in [0.15, 0.2) is 0 Å². The molecule has 1 aromatic carbocycles. The van der Waals surface area contributed by atoms with Crippen molar-refractivity contribution < 1.29 is 9.53 Å². The Kier molecular flexibility index (Phi) is 5.86. The van der Waals surface area contributed by atoms with Gasteiger partial charge in [-0.15, -0.1) is 0 Å². The molecule has 0 spiro atoms. The van der Waals surface area contributed by atoms with E-state index in [1.165, 1.54) is 0 Å². The molecule has 1 rings (SSSR count). The molecule has 0 aromatic heterocycles. The maximum absolute atomic E-state index is 12.1. The number of amides is 1. The fourth-order valence-electron chi connectivity index (χ4n) is 1.73. The van der Waals surface area contributed by atoms with E-state index in [-0.39, 0.29) is 5.91 Å². The molecule has 0 bridgehead atoms. The molecule has 0 fully saturated rings. The van der Waals surface area contributed by atoms with E-state index in [4.69, 9.17) is 4.74 Å². The molecule has 0 aliphatic rings. The Labute approximate surface area is 110 Å². The fourth-order valence-corrected chi connectivity index (χ4v) is 1.73. The van der Waals surface area contributed by atoms with Crippen LogP contribution in [0.2, 0.25) is 0 Å². The largest absolute Gasteiger partial charge is 0.382 e. The van der Waals surface area contributed by atoms with Crippen LogP contribution < -0.4 is 5.32 Å². The highest BCUT2D eigenvalue weighted by atomic mass is 16.5. The van der Waals surface area contributed by atoms with Gasteiger partial charge >= 0.3 is 0 Å². The first kappa shape index (κ1) is 14.7. The first-order chi connectivity index (χ1) is 8.59. The maximum atomic E-state index is 12.1. The standard InChI is InChI=1S/C15H23NO2/c1-4-18-12-8-11-16-14(17)15(2,3)13-9-6-5-7-10-13/h5-7,9-10H,4,8,11-12H2,1-3H3,(H,16,17). The van der Waals surface area contributed by atoms with Gasteiger partial charge in [0, 0.05) is 19.8 Å². The van der Waals surface area contributed by atoms with E-state index in [0.29, 0.717) is 13.2 Å². The first-order valence-electron chi connectivity index (χ1n) is 6.50. The summed E-state index contributed by atoms with van der Waals surface area (Å²) in [5, 5.41) is 2.96. The normalized spacial score (nSPS) is 11.3. The lowest BCUT2D eigenvalue weighted by atomic mass is 9.84. The lowest BCUT2D eigenvalue weighted by molar-refractivity contribution is -0.125. The summed E-state index contributed by atoms with van der Waals surface area (Å²) >= 11 is 0. The van der Waals surface area contributed by atoms with E-state index < -0.39 is 5.41 Å². The second-order valence-electron chi connectivity index (χ2n) is 4.80. The lowest BCUT2D eigenvalue weighted by Gasteiger charge is -2.24. The average molecular weight is 249 g/mol. The van der Waals surface area contributed by atoms with Gasteiger partial charge in [-0.1, -0.05) is 30.3 Å². The maximum Gasteiger partial charge on any atom is 0.230 e. The number of hydrogen-bond acceptors (Lipinski definition) is 2. The van der Waals surface area contributed by atoms with Crippen molar-refractivity contribution in [2.75, 3.05) is 19.8 Å². The zero-order chi connectivity index (χ0) is 13.4. The molecule has 1 N–H and O–H groups in total. The van der Waals surface area contributed by atoms with Crippen molar-refractivity contribution >= 4 is 5.91 Å². The minimum atomic E-state index is -0.493. The van der Waals surface area contributed by atoms with Crippen molar-refractivity contribution in [1.82, 2.24) is 5.32 Å². The molecule has 3 nitrogen and oxygen atoms in total. The summed E-state index contributed by atoms with van der Waals surface area (Å²) in [5.74, 6) is 0.0604. The van der Waals surface area contributed by atoms with Gasteiger partial charge in [-0.05, 0) is 32.8 Å². The van der Waals surface area contributed by atoms with Gasteiger partial charge in [-0.2, -0.15) is 0 Å². The molecule has 0 heterocycles. The van der Waals surface area contributed by atoms with Crippen LogP contribution >= 0.6 is 0 Å². The summed E-state index contributed by atoms with van der Waals surface area (Å²) < 4.78 is 5.23. The predicted molar refractivity (Wildman–Crippen MR) is 73.6 cm³/mol. The Morgan fingerprint density at radius 3 is 2.56 bits per heavy atom. The van der Waals surface area contributed by atoms with Gasteiger partial charge in [0.05, 0.1) is 5.41 Å². The molecule has 18 heavy (non-hydrogen) atoms. The Balaban J connectivity index is 2.45. The lowest BCUT2D eigenvalue weighted by Crippen LogP contribution is -2.40. The van der Waals surface area contributed by atoms with Gasteiger partial charge in [0.2, 0.25) is 5.91 Å². The SMILES string of the molecule is CCOCCCNC(=O)C(C)(C)c1ccccc1. The predicted octanol–water partition coefficient (Wildman–Crippen LogP) is 2.51. The van der Waals surface area contributed by atoms with Gasteiger partial charge in [-0.25, -0.2) is 0 Å². The Morgan fingerprint density at radius 1 is 1.28 bits per heavy atom. The molecule has 3 heteroatoms. The number of carbonyl (C=O) groups is 1. The Morgan fingerprint density at radius 2 is 1.94 bits per heavy atom. The molecule has 0 saturated heterocycles. The van der Waals surface area contributed by atoms with Crippen LogP contribution in [0, 0.1) is 0 Å². The van der Waals surface area contributed by atoms with Crippen LogP contribution in [0.15, 0.2) is 30.3 Å². The van der Waals surface area contributed by atoms with Crippen molar-refractivity contribution in [2.24, 2.45) is 0 Å². The fraction of sp³-hybridized carbons (Fsp3) is 0.533. The highest BCUT2D eigenvalue weighted by Crippen LogP contribution is 2.22. The van der Waals surface area contributed by atoms with Gasteiger partial charge in [0.25, 0.3) is 0 Å². The zero-order valence-corrected chi connectivity index (χ0v) is 11.5. The summed E-state index contributed by atoms with van der Waals surface area (Å²) in [6.07, 6.45) is 0.852. The zero-order valence-electron chi connectivity index (χ0n) is 11.5. The third kappa shape index (κ3) is 4.15. The van der Waals surface area contributed by atoms with Gasteiger partial charge in [0.1, 0.15) is 0 Å². The van der Waals surface area contributed by atoms with E-state index in [1.54, 1.807) is 0 Å². The third-order valence-corrected chi connectivity index (χ3v) is 3.02. The molecule has 0 radical (unpaired) electrons. The number of hydrogen-bond donors (Lipinski definition) is 1. The molecule has 100 valence electrons. The first-order valence-corrected chi connectivity index (χ1v) is 6.50. The minimum Gasteiger partial charge on any atom is -0.382 e. The van der Waals surface area contributed by atoms with Crippen molar-refractivity contribution in [3.8, 4) is 0 Å². The van der Waals surface area contributed by atoms with Crippen LogP contribution in [-0.2, 0) is 14.9 Å². The van der Waals surface area contributed by atoms with Crippen molar-refractivity contribution in [1.29, 1.82) is 0 Å². The van der Waals surface area contributed by atoms with E-state index >= 15 is 0 Å². The molecule has 0 aliphatic heterocycles. The van der Waals surface area contributed by atoms with Crippen LogP contribution in [0.3, 0.4) is 0 Å². The summed E-state index contributed by atoms with van der Waals surface area (Å²) in [6, 6.07) is 9.85. The van der Waals surface area contributed by atoms with E-state index in [2.05, 4.69) is 5.32 Å². The number of nitrogens with one attached hydrogen (secondary N) is 1. The van der Waals surface area contributed by atoms with E-state index in [9.17, 15) is 4.79 Å². The van der Waals surface area contributed by atoms with E-state index in [1.807, 2.05) is 51.1 Å². The van der Waals surface area contributed by atoms with E-state index in [0.717, 1.165) is 18.6 Å². The third-order valence-electron chi connectivity index (χ3n) is 3.02. The van der Waals surface area contributed by atoms with Crippen LogP contribution in [0.1, 0.15) is 32.8 Å². The molecular weight excluding hydrogens is 226 g/mol. The van der Waals surface area contributed by atoms with Crippen LogP contribution in [0.5, 0.6) is 0 Å².